The van der Waals surface area contributed by atoms with Crippen molar-refractivity contribution in [2.24, 2.45) is 5.41 Å². The van der Waals surface area contributed by atoms with Crippen LogP contribution in [-0.4, -0.2) is 59.1 Å². The number of phosphoric ester groups is 1. The molecule has 0 amide bonds. The van der Waals surface area contributed by atoms with Crippen molar-refractivity contribution in [3.8, 4) is 12.3 Å². The van der Waals surface area contributed by atoms with Gasteiger partial charge in [0.2, 0.25) is 6.10 Å². The molecule has 2 fully saturated rings. The van der Waals surface area contributed by atoms with Gasteiger partial charge in [0.25, 0.3) is 5.56 Å². The van der Waals surface area contributed by atoms with Crippen molar-refractivity contribution in [3.63, 3.8) is 0 Å². The van der Waals surface area contributed by atoms with Crippen molar-refractivity contribution >= 4 is 19.8 Å². The Morgan fingerprint density at radius 3 is 2.69 bits per heavy atom. The minimum Gasteiger partial charge on any atom is -0.460 e. The summed E-state index contributed by atoms with van der Waals surface area (Å²) in [5.74, 6) is 1.07. The quantitative estimate of drug-likeness (QED) is 0.298. The molecule has 3 heterocycles. The molecule has 1 aromatic heterocycles. The summed E-state index contributed by atoms with van der Waals surface area (Å²) in [6, 6.07) is 1.14. The van der Waals surface area contributed by atoms with Gasteiger partial charge in [-0.05, 0) is 20.8 Å². The predicted molar refractivity (Wildman–Crippen MR) is 118 cm³/mol. The third kappa shape index (κ3) is 5.91. The number of nitrogens with one attached hydrogen (secondary N) is 1. The normalized spacial score (nSPS) is 30.8. The summed E-state index contributed by atoms with van der Waals surface area (Å²) in [4.78, 5) is 49.4. The molecule has 0 aliphatic carbocycles. The molecule has 0 aromatic carbocycles. The zero-order valence-electron chi connectivity index (χ0n) is 19.6. The average molecular weight is 514 g/mol. The maximum absolute atomic E-state index is 13.2. The third-order valence-electron chi connectivity index (χ3n) is 5.35. The van der Waals surface area contributed by atoms with Gasteiger partial charge in [0.05, 0.1) is 19.3 Å². The molecule has 2 aliphatic rings. The Morgan fingerprint density at radius 1 is 1.37 bits per heavy atom. The molecule has 35 heavy (non-hydrogen) atoms. The molecule has 0 bridgehead atoms. The molecule has 3 rings (SSSR count). The highest BCUT2D eigenvalue weighted by Crippen LogP contribution is 2.60. The minimum absolute atomic E-state index is 0.172. The number of carbonyl (C=O) groups excluding carboxylic acids is 2. The lowest BCUT2D eigenvalue weighted by atomic mass is 9.83. The zero-order chi connectivity index (χ0) is 26.0. The number of hydrogen-bond donors (Lipinski definition) is 1. The lowest BCUT2D eigenvalue weighted by molar-refractivity contribution is -0.170. The van der Waals surface area contributed by atoms with E-state index in [0.717, 1.165) is 17.6 Å². The zero-order valence-corrected chi connectivity index (χ0v) is 20.5. The van der Waals surface area contributed by atoms with Crippen LogP contribution in [0.1, 0.15) is 40.3 Å². The van der Waals surface area contributed by atoms with Crippen LogP contribution in [0.3, 0.4) is 0 Å². The highest BCUT2D eigenvalue weighted by atomic mass is 31.2. The molecule has 192 valence electrons. The van der Waals surface area contributed by atoms with Crippen LogP contribution >= 0.6 is 7.82 Å². The van der Waals surface area contributed by atoms with E-state index in [1.807, 2.05) is 0 Å². The smallest absolute Gasteiger partial charge is 0.460 e. The number of carbonyl (C=O) groups is 2. The van der Waals surface area contributed by atoms with Gasteiger partial charge in [0, 0.05) is 25.6 Å². The van der Waals surface area contributed by atoms with Gasteiger partial charge in [-0.3, -0.25) is 32.7 Å². The molecule has 2 saturated heterocycles. The Kier molecular flexibility index (Phi) is 8.03. The summed E-state index contributed by atoms with van der Waals surface area (Å²) in [6.07, 6.45) is 2.27. The Labute approximate surface area is 200 Å². The number of hydrogen-bond acceptors (Lipinski definition) is 11. The number of rotatable bonds is 8. The fraction of sp³-hybridized carbons (Fsp3) is 0.619. The number of aromatic nitrogens is 2. The van der Waals surface area contributed by atoms with Gasteiger partial charge in [0.15, 0.2) is 6.23 Å². The van der Waals surface area contributed by atoms with Crippen molar-refractivity contribution in [3.05, 3.63) is 33.1 Å². The van der Waals surface area contributed by atoms with Crippen LogP contribution in [0, 0.1) is 17.8 Å². The number of esters is 2. The highest BCUT2D eigenvalue weighted by Gasteiger charge is 2.60. The largest absolute Gasteiger partial charge is 0.475 e. The molecule has 0 saturated carbocycles. The summed E-state index contributed by atoms with van der Waals surface area (Å²) in [5.41, 5.74) is -2.63. The molecular formula is C21H27N2O11P. The number of H-pyrrole nitrogens is 1. The first kappa shape index (κ1) is 26.8. The molecule has 13 nitrogen and oxygen atoms in total. The number of aromatic amines is 1. The molecule has 14 heteroatoms. The van der Waals surface area contributed by atoms with Gasteiger partial charge in [-0.2, -0.15) is 0 Å². The topological polar surface area (TPSA) is 161 Å². The van der Waals surface area contributed by atoms with Crippen molar-refractivity contribution < 1.29 is 41.9 Å². The van der Waals surface area contributed by atoms with Crippen LogP contribution in [0.25, 0.3) is 0 Å². The Bertz CT molecular complexity index is 1170. The highest BCUT2D eigenvalue weighted by molar-refractivity contribution is 7.48. The van der Waals surface area contributed by atoms with Gasteiger partial charge in [-0.15, -0.1) is 6.42 Å². The lowest BCUT2D eigenvalue weighted by Crippen LogP contribution is -2.43. The van der Waals surface area contributed by atoms with Crippen molar-refractivity contribution in [2.75, 3.05) is 13.2 Å². The van der Waals surface area contributed by atoms with E-state index in [1.165, 1.54) is 6.20 Å². The summed E-state index contributed by atoms with van der Waals surface area (Å²) in [5, 5.41) is 0. The van der Waals surface area contributed by atoms with Crippen LogP contribution < -0.4 is 11.2 Å². The maximum atomic E-state index is 13.2. The summed E-state index contributed by atoms with van der Waals surface area (Å²) in [7, 11) is -4.18. The molecule has 0 spiro atoms. The number of fused-ring (bicyclic) bond motifs is 1. The third-order valence-corrected chi connectivity index (χ3v) is 6.80. The van der Waals surface area contributed by atoms with Crippen LogP contribution in [0.15, 0.2) is 21.9 Å². The molecule has 1 N–H and O–H groups in total. The summed E-state index contributed by atoms with van der Waals surface area (Å²) in [6.45, 7) is 5.42. The lowest BCUT2D eigenvalue weighted by Gasteiger charge is -2.35. The van der Waals surface area contributed by atoms with Crippen molar-refractivity contribution in [1.29, 1.82) is 0 Å². The first-order valence-corrected chi connectivity index (χ1v) is 12.2. The van der Waals surface area contributed by atoms with E-state index in [9.17, 15) is 23.7 Å². The van der Waals surface area contributed by atoms with Crippen LogP contribution in [-0.2, 0) is 41.9 Å². The van der Waals surface area contributed by atoms with E-state index in [2.05, 4.69) is 10.9 Å². The number of terminal acetylenes is 1. The molecule has 0 unspecified atom stereocenters. The van der Waals surface area contributed by atoms with Gasteiger partial charge in [-0.25, -0.2) is 14.2 Å². The molecule has 0 radical (unpaired) electrons. The second-order valence-electron chi connectivity index (χ2n) is 8.45. The first-order valence-electron chi connectivity index (χ1n) is 10.8. The first-order chi connectivity index (χ1) is 16.4. The van der Waals surface area contributed by atoms with E-state index < -0.39 is 67.1 Å². The van der Waals surface area contributed by atoms with E-state index in [0.29, 0.717) is 0 Å². The van der Waals surface area contributed by atoms with E-state index in [-0.39, 0.29) is 19.6 Å². The summed E-state index contributed by atoms with van der Waals surface area (Å²) >= 11 is 0. The van der Waals surface area contributed by atoms with Gasteiger partial charge in [-0.1, -0.05) is 5.92 Å². The van der Waals surface area contributed by atoms with Crippen molar-refractivity contribution in [1.82, 2.24) is 9.55 Å². The predicted octanol–water partition coefficient (Wildman–Crippen LogP) is 0.887. The number of nitrogens with zero attached hydrogens (tertiary/aromatic N) is 1. The number of ether oxygens (including phenoxy) is 3. The maximum Gasteiger partial charge on any atom is 0.475 e. The van der Waals surface area contributed by atoms with Gasteiger partial charge < -0.3 is 14.2 Å². The van der Waals surface area contributed by atoms with Gasteiger partial charge >= 0.3 is 25.5 Å². The second kappa shape index (κ2) is 10.5. The Balaban J connectivity index is 1.72. The van der Waals surface area contributed by atoms with Crippen LogP contribution in [0.5, 0.6) is 0 Å². The van der Waals surface area contributed by atoms with Gasteiger partial charge in [0.1, 0.15) is 17.6 Å². The second-order valence-corrected chi connectivity index (χ2v) is 10.1. The van der Waals surface area contributed by atoms with Crippen molar-refractivity contribution in [2.45, 2.75) is 64.8 Å². The standard InChI is InChI=1S/C21H27N2O11P/c1-6-21(5)17-15(33-19(21)23-9-7-16(25)22-20(23)27)11-30-35(28,34-17)29-10-8-14(32-13(4)24)18(26)31-12(2)3/h1,7,9,12,14-15,17,19H,8,10-11H2,2-5H3,(H,22,25,27)/t14-,15-,17-,19-,21-,35+/m1/s1. The summed E-state index contributed by atoms with van der Waals surface area (Å²) < 4.78 is 46.4. The molecular weight excluding hydrogens is 487 g/mol. The fourth-order valence-electron chi connectivity index (χ4n) is 3.74. The molecule has 1 aromatic rings. The molecule has 6 atom stereocenters. The van der Waals surface area contributed by atoms with E-state index in [4.69, 9.17) is 34.2 Å². The van der Waals surface area contributed by atoms with Crippen LogP contribution in [0.4, 0.5) is 0 Å². The monoisotopic (exact) mass is 514 g/mol. The fourth-order valence-corrected chi connectivity index (χ4v) is 5.22. The van der Waals surface area contributed by atoms with E-state index >= 15 is 0 Å². The van der Waals surface area contributed by atoms with E-state index in [1.54, 1.807) is 20.8 Å². The number of phosphoric acid groups is 1. The minimum atomic E-state index is -4.18. The molecule has 2 aliphatic heterocycles. The Morgan fingerprint density at radius 2 is 2.09 bits per heavy atom. The SMILES string of the molecule is C#C[C@]1(C)[C@@H]2O[P@@](=O)(OCC[C@@H](OC(C)=O)C(=O)OC(C)C)OC[C@H]2O[C@H]1n1ccc(=O)[nH]c1=O. The average Bonchev–Trinajstić information content (AvgIpc) is 3.04. The van der Waals surface area contributed by atoms with Crippen LogP contribution in [0.2, 0.25) is 0 Å². The Hall–Kier alpha value is -2.75.